The number of aliphatic imine (C=N–C) groups is 1. The van der Waals surface area contributed by atoms with E-state index < -0.39 is 0 Å². The Kier molecular flexibility index (Phi) is 5.22. The van der Waals surface area contributed by atoms with Gasteiger partial charge in [0.25, 0.3) is 0 Å². The van der Waals surface area contributed by atoms with Crippen LogP contribution < -0.4 is 4.74 Å². The van der Waals surface area contributed by atoms with E-state index in [0.29, 0.717) is 44.0 Å². The minimum absolute atomic E-state index is 0.0254. The van der Waals surface area contributed by atoms with Crippen molar-refractivity contribution in [2.45, 2.75) is 59.3 Å². The summed E-state index contributed by atoms with van der Waals surface area (Å²) in [5.74, 6) is 0.672. The van der Waals surface area contributed by atoms with Crippen LogP contribution in [-0.2, 0) is 31.5 Å². The van der Waals surface area contributed by atoms with Crippen molar-refractivity contribution >= 4 is 11.6 Å². The molecular formula is C23H28N8O2. The summed E-state index contributed by atoms with van der Waals surface area (Å²) in [7, 11) is 3.45. The summed E-state index contributed by atoms with van der Waals surface area (Å²) in [6.07, 6.45) is 4.88. The Morgan fingerprint density at radius 3 is 2.76 bits per heavy atom. The Morgan fingerprint density at radius 1 is 1.18 bits per heavy atom. The molecule has 0 spiro atoms. The largest absolute Gasteiger partial charge is 0.481 e. The Balaban J connectivity index is 1.71. The van der Waals surface area contributed by atoms with Crippen molar-refractivity contribution < 1.29 is 9.53 Å². The predicted octanol–water partition coefficient (Wildman–Crippen LogP) is 2.27. The lowest BCUT2D eigenvalue weighted by atomic mass is 10.1. The molecule has 1 amide bonds. The summed E-state index contributed by atoms with van der Waals surface area (Å²) in [6, 6.07) is 0.0254. The molecule has 0 radical (unpaired) electrons. The molecule has 0 fully saturated rings. The fourth-order valence-electron chi connectivity index (χ4n) is 4.57. The summed E-state index contributed by atoms with van der Waals surface area (Å²) in [5.41, 5.74) is 6.38. The molecule has 33 heavy (non-hydrogen) atoms. The number of hydrogen-bond acceptors (Lipinski definition) is 7. The second-order valence-corrected chi connectivity index (χ2v) is 8.78. The molecule has 0 aromatic carbocycles. The topological polar surface area (TPSA) is 103 Å². The number of amides is 1. The number of carbonyl (C=O) groups is 1. The molecule has 4 bridgehead atoms. The van der Waals surface area contributed by atoms with E-state index in [2.05, 4.69) is 10.1 Å². The van der Waals surface area contributed by atoms with Crippen LogP contribution in [0.2, 0.25) is 0 Å². The highest BCUT2D eigenvalue weighted by atomic mass is 16.5. The molecule has 3 aromatic rings. The highest BCUT2D eigenvalue weighted by molar-refractivity contribution is 6.14. The van der Waals surface area contributed by atoms with E-state index in [1.807, 2.05) is 43.6 Å². The van der Waals surface area contributed by atoms with Gasteiger partial charge in [0.05, 0.1) is 60.4 Å². The third-order valence-electron chi connectivity index (χ3n) is 6.22. The number of fused-ring (bicyclic) bond motifs is 6. The van der Waals surface area contributed by atoms with Crippen molar-refractivity contribution in [3.63, 3.8) is 0 Å². The van der Waals surface area contributed by atoms with Crippen molar-refractivity contribution in [1.82, 2.24) is 34.4 Å². The molecule has 0 saturated carbocycles. The molecular weight excluding hydrogens is 420 g/mol. The van der Waals surface area contributed by atoms with Crippen LogP contribution >= 0.6 is 0 Å². The third-order valence-corrected chi connectivity index (χ3v) is 6.22. The molecule has 0 saturated heterocycles. The van der Waals surface area contributed by atoms with E-state index >= 15 is 0 Å². The second-order valence-electron chi connectivity index (χ2n) is 8.78. The number of aryl methyl sites for hydroxylation is 3. The van der Waals surface area contributed by atoms with Gasteiger partial charge in [0.2, 0.25) is 11.8 Å². The van der Waals surface area contributed by atoms with E-state index in [1.165, 1.54) is 0 Å². The van der Waals surface area contributed by atoms with E-state index in [1.54, 1.807) is 18.0 Å². The van der Waals surface area contributed by atoms with Crippen molar-refractivity contribution in [2.24, 2.45) is 12.0 Å². The molecule has 5 heterocycles. The van der Waals surface area contributed by atoms with Gasteiger partial charge in [0.1, 0.15) is 5.69 Å². The quantitative estimate of drug-likeness (QED) is 0.596. The van der Waals surface area contributed by atoms with Crippen LogP contribution in [0.5, 0.6) is 5.88 Å². The molecule has 10 heteroatoms. The zero-order valence-corrected chi connectivity index (χ0v) is 19.7. The van der Waals surface area contributed by atoms with E-state index in [9.17, 15) is 4.79 Å². The minimum Gasteiger partial charge on any atom is -0.481 e. The highest BCUT2D eigenvalue weighted by Crippen LogP contribution is 2.34. The van der Waals surface area contributed by atoms with Crippen LogP contribution in [0, 0.1) is 6.92 Å². The summed E-state index contributed by atoms with van der Waals surface area (Å²) >= 11 is 0. The summed E-state index contributed by atoms with van der Waals surface area (Å²) in [4.78, 5) is 29.4. The number of ether oxygens (including phenoxy) is 1. The maximum atomic E-state index is 13.2. The molecule has 2 aliphatic heterocycles. The Bertz CT molecular complexity index is 1270. The number of aromatic nitrogens is 6. The Hall–Kier alpha value is -3.56. The van der Waals surface area contributed by atoms with Gasteiger partial charge in [-0.15, -0.1) is 0 Å². The van der Waals surface area contributed by atoms with Gasteiger partial charge in [-0.3, -0.25) is 19.5 Å². The first kappa shape index (κ1) is 21.3. The zero-order chi connectivity index (χ0) is 23.3. The van der Waals surface area contributed by atoms with Crippen LogP contribution in [0.15, 0.2) is 17.4 Å². The average Bonchev–Trinajstić information content (AvgIpc) is 3.44. The molecule has 10 nitrogen and oxygen atoms in total. The maximum absolute atomic E-state index is 13.2. The van der Waals surface area contributed by atoms with Crippen LogP contribution in [-0.4, -0.2) is 59.2 Å². The molecule has 3 aromatic heterocycles. The van der Waals surface area contributed by atoms with Gasteiger partial charge in [-0.05, 0) is 27.2 Å². The predicted molar refractivity (Wildman–Crippen MR) is 122 cm³/mol. The first-order valence-electron chi connectivity index (χ1n) is 11.2. The Labute approximate surface area is 192 Å². The normalized spacial score (nSPS) is 15.9. The first-order valence-corrected chi connectivity index (χ1v) is 11.2. The fraction of sp³-hybridized carbons (Fsp3) is 0.478. The van der Waals surface area contributed by atoms with Crippen molar-refractivity contribution in [3.8, 4) is 17.1 Å². The van der Waals surface area contributed by atoms with Crippen molar-refractivity contribution in [2.75, 3.05) is 7.11 Å². The number of hydrogen-bond donors (Lipinski definition) is 0. The lowest BCUT2D eigenvalue weighted by molar-refractivity contribution is -0.133. The van der Waals surface area contributed by atoms with Crippen molar-refractivity contribution in [3.05, 3.63) is 40.7 Å². The van der Waals surface area contributed by atoms with Gasteiger partial charge in [-0.25, -0.2) is 9.67 Å². The van der Waals surface area contributed by atoms with Gasteiger partial charge < -0.3 is 9.64 Å². The van der Waals surface area contributed by atoms with E-state index in [0.717, 1.165) is 39.6 Å². The van der Waals surface area contributed by atoms with Gasteiger partial charge in [0, 0.05) is 37.8 Å². The number of carbonyl (C=O) groups excluding carboxylic acids is 1. The minimum atomic E-state index is 0.0254. The maximum Gasteiger partial charge on any atom is 0.223 e. The zero-order valence-electron chi connectivity index (χ0n) is 19.7. The molecule has 2 aliphatic rings. The van der Waals surface area contributed by atoms with Crippen LogP contribution in [0.1, 0.15) is 55.0 Å². The molecule has 0 unspecified atom stereocenters. The average molecular weight is 449 g/mol. The second kappa shape index (κ2) is 8.09. The molecule has 5 rings (SSSR count). The van der Waals surface area contributed by atoms with Crippen LogP contribution in [0.25, 0.3) is 11.3 Å². The summed E-state index contributed by atoms with van der Waals surface area (Å²) in [5, 5.41) is 9.36. The molecule has 0 aliphatic carbocycles. The summed E-state index contributed by atoms with van der Waals surface area (Å²) < 4.78 is 9.28. The smallest absolute Gasteiger partial charge is 0.223 e. The molecule has 0 atom stereocenters. The van der Waals surface area contributed by atoms with E-state index in [4.69, 9.17) is 19.8 Å². The van der Waals surface area contributed by atoms with Gasteiger partial charge in [-0.2, -0.15) is 10.2 Å². The van der Waals surface area contributed by atoms with Crippen LogP contribution in [0.4, 0.5) is 0 Å². The summed E-state index contributed by atoms with van der Waals surface area (Å²) in [6.45, 7) is 7.54. The first-order chi connectivity index (χ1) is 15.9. The molecule has 0 N–H and O–H groups in total. The SMILES string of the molecule is COc1c2c(nn1C)CN(C(C)C)C(=O)CCCn1cc(c(C)n1)C1=NCc3ncc-2nc31. The lowest BCUT2D eigenvalue weighted by Crippen LogP contribution is -2.36. The number of rotatable bonds is 2. The van der Waals surface area contributed by atoms with E-state index in [-0.39, 0.29) is 11.9 Å². The highest BCUT2D eigenvalue weighted by Gasteiger charge is 2.29. The van der Waals surface area contributed by atoms with Gasteiger partial charge in [0.15, 0.2) is 0 Å². The lowest BCUT2D eigenvalue weighted by Gasteiger charge is -2.26. The van der Waals surface area contributed by atoms with Gasteiger partial charge in [-0.1, -0.05) is 0 Å². The monoisotopic (exact) mass is 448 g/mol. The standard InChI is InChI=1S/C23H28N8O2/c1-13(2)31-12-18-20(23(33-5)29(4)28-18)16-9-24-17-10-25-21(22(17)26-16)15-11-30(27-14(15)3)8-6-7-19(31)32/h9,11,13H,6-8,10,12H2,1-5H3. The molecule has 172 valence electrons. The number of methoxy groups -OCH3 is 1. The van der Waals surface area contributed by atoms with Crippen molar-refractivity contribution in [1.29, 1.82) is 0 Å². The van der Waals surface area contributed by atoms with Gasteiger partial charge >= 0.3 is 0 Å². The third kappa shape index (κ3) is 3.59. The number of nitrogens with zero attached hydrogens (tertiary/aromatic N) is 8. The fourth-order valence-corrected chi connectivity index (χ4v) is 4.57. The van der Waals surface area contributed by atoms with Crippen LogP contribution in [0.3, 0.4) is 0 Å². The Morgan fingerprint density at radius 2 is 2.00 bits per heavy atom.